The Bertz CT molecular complexity index is 1020. The molecule has 1 aromatic carbocycles. The third-order valence-electron chi connectivity index (χ3n) is 3.72. The number of aryl methyl sites for hydroxylation is 1. The average molecular weight is 358 g/mol. The number of nitrogens with zero attached hydrogens (tertiary/aromatic N) is 3. The van der Waals surface area contributed by atoms with E-state index in [1.54, 1.807) is 38.1 Å². The Morgan fingerprint density at radius 2 is 1.88 bits per heavy atom. The number of anilines is 1. The van der Waals surface area contributed by atoms with Gasteiger partial charge in [0.15, 0.2) is 5.82 Å². The van der Waals surface area contributed by atoms with Crippen molar-refractivity contribution in [2.45, 2.75) is 18.7 Å². The molecule has 25 heavy (non-hydrogen) atoms. The van der Waals surface area contributed by atoms with Crippen molar-refractivity contribution in [1.29, 1.82) is 0 Å². The van der Waals surface area contributed by atoms with E-state index in [-0.39, 0.29) is 10.5 Å². The first-order valence-electron chi connectivity index (χ1n) is 7.76. The summed E-state index contributed by atoms with van der Waals surface area (Å²) in [5.41, 5.74) is 1.04. The number of para-hydroxylation sites is 1. The average Bonchev–Trinajstić information content (AvgIpc) is 2.95. The summed E-state index contributed by atoms with van der Waals surface area (Å²) in [6.45, 7) is 3.83. The van der Waals surface area contributed by atoms with Crippen LogP contribution in [0.15, 0.2) is 64.4 Å². The number of pyridine rings is 1. The Balaban J connectivity index is 1.98. The lowest BCUT2D eigenvalue weighted by Crippen LogP contribution is -2.30. The van der Waals surface area contributed by atoms with E-state index >= 15 is 0 Å². The molecule has 0 spiro atoms. The summed E-state index contributed by atoms with van der Waals surface area (Å²) in [5, 5.41) is 2.86. The molecule has 0 aliphatic carbocycles. The summed E-state index contributed by atoms with van der Waals surface area (Å²) in [6, 6.07) is 13.3. The minimum Gasteiger partial charge on any atom is -0.294 e. The Morgan fingerprint density at radius 3 is 2.40 bits per heavy atom. The van der Waals surface area contributed by atoms with E-state index in [1.165, 1.54) is 33.4 Å². The fraction of sp³-hybridized carbons (Fsp3) is 0.176. The lowest BCUT2D eigenvalue weighted by atomic mass is 10.3. The molecule has 0 bridgehead atoms. The number of H-pyrrole nitrogens is 1. The molecule has 8 heteroatoms. The van der Waals surface area contributed by atoms with Crippen molar-refractivity contribution in [3.8, 4) is 5.82 Å². The number of benzene rings is 1. The van der Waals surface area contributed by atoms with Crippen LogP contribution in [-0.4, -0.2) is 29.7 Å². The van der Waals surface area contributed by atoms with E-state index in [4.69, 9.17) is 0 Å². The highest BCUT2D eigenvalue weighted by Crippen LogP contribution is 2.23. The van der Waals surface area contributed by atoms with Crippen molar-refractivity contribution in [3.63, 3.8) is 0 Å². The summed E-state index contributed by atoms with van der Waals surface area (Å²) in [4.78, 5) is 16.0. The molecule has 2 aromatic heterocycles. The van der Waals surface area contributed by atoms with Gasteiger partial charge in [-0.3, -0.25) is 14.2 Å². The van der Waals surface area contributed by atoms with E-state index in [0.29, 0.717) is 23.7 Å². The van der Waals surface area contributed by atoms with Crippen LogP contribution in [-0.2, 0) is 10.0 Å². The van der Waals surface area contributed by atoms with Crippen molar-refractivity contribution >= 4 is 15.7 Å². The molecule has 0 unspecified atom stereocenters. The number of aromatic amines is 1. The monoisotopic (exact) mass is 358 g/mol. The zero-order valence-electron chi connectivity index (χ0n) is 13.9. The first-order chi connectivity index (χ1) is 11.9. The van der Waals surface area contributed by atoms with Crippen molar-refractivity contribution in [2.75, 3.05) is 10.8 Å². The van der Waals surface area contributed by atoms with E-state index in [1.807, 2.05) is 6.07 Å². The second-order valence-electron chi connectivity index (χ2n) is 5.47. The van der Waals surface area contributed by atoms with Crippen molar-refractivity contribution in [3.05, 3.63) is 70.8 Å². The van der Waals surface area contributed by atoms with E-state index < -0.39 is 10.0 Å². The highest BCUT2D eigenvalue weighted by molar-refractivity contribution is 7.92. The lowest BCUT2D eigenvalue weighted by molar-refractivity contribution is 0.591. The molecule has 3 rings (SSSR count). The number of nitrogens with one attached hydrogen (secondary N) is 1. The Hall–Kier alpha value is -2.87. The van der Waals surface area contributed by atoms with Crippen LogP contribution < -0.4 is 9.86 Å². The quantitative estimate of drug-likeness (QED) is 0.756. The van der Waals surface area contributed by atoms with Crippen LogP contribution in [0.3, 0.4) is 0 Å². The van der Waals surface area contributed by atoms with Gasteiger partial charge in [-0.1, -0.05) is 18.2 Å². The Kier molecular flexibility index (Phi) is 4.45. The zero-order valence-corrected chi connectivity index (χ0v) is 14.7. The molecule has 0 atom stereocenters. The van der Waals surface area contributed by atoms with Crippen molar-refractivity contribution in [2.24, 2.45) is 0 Å². The topological polar surface area (TPSA) is 88.1 Å². The van der Waals surface area contributed by atoms with Crippen LogP contribution in [0.5, 0.6) is 0 Å². The third kappa shape index (κ3) is 3.20. The lowest BCUT2D eigenvalue weighted by Gasteiger charge is -2.22. The summed E-state index contributed by atoms with van der Waals surface area (Å²) >= 11 is 0. The highest BCUT2D eigenvalue weighted by atomic mass is 32.2. The highest BCUT2D eigenvalue weighted by Gasteiger charge is 2.24. The van der Waals surface area contributed by atoms with Crippen LogP contribution >= 0.6 is 0 Å². The molecule has 0 radical (unpaired) electrons. The SMILES string of the molecule is CCN(c1ccccc1)S(=O)(=O)c1ccc(-n2[nH]c(C)cc2=O)nc1. The van der Waals surface area contributed by atoms with Gasteiger partial charge < -0.3 is 0 Å². The van der Waals surface area contributed by atoms with Gasteiger partial charge in [-0.2, -0.15) is 0 Å². The molecule has 0 saturated carbocycles. The Labute approximate surface area is 145 Å². The maximum Gasteiger partial charge on any atom is 0.272 e. The third-order valence-corrected chi connectivity index (χ3v) is 5.60. The van der Waals surface area contributed by atoms with Gasteiger partial charge in [-0.05, 0) is 38.1 Å². The molecular formula is C17H18N4O3S. The second-order valence-corrected chi connectivity index (χ2v) is 7.33. The van der Waals surface area contributed by atoms with Crippen LogP contribution in [0.2, 0.25) is 0 Å². The van der Waals surface area contributed by atoms with E-state index in [0.717, 1.165) is 0 Å². The first-order valence-corrected chi connectivity index (χ1v) is 9.20. The van der Waals surface area contributed by atoms with E-state index in [9.17, 15) is 13.2 Å². The maximum atomic E-state index is 12.9. The fourth-order valence-electron chi connectivity index (χ4n) is 2.55. The van der Waals surface area contributed by atoms with E-state index in [2.05, 4.69) is 10.1 Å². The molecule has 2 heterocycles. The zero-order chi connectivity index (χ0) is 18.0. The maximum absolute atomic E-state index is 12.9. The van der Waals surface area contributed by atoms with Crippen LogP contribution in [0, 0.1) is 6.92 Å². The second kappa shape index (κ2) is 6.56. The van der Waals surface area contributed by atoms with Gasteiger partial charge in [0.05, 0.1) is 5.69 Å². The van der Waals surface area contributed by atoms with Crippen molar-refractivity contribution < 1.29 is 8.42 Å². The standard InChI is InChI=1S/C17H18N4O3S/c1-3-20(14-7-5-4-6-8-14)25(23,24)15-9-10-16(18-12-15)21-17(22)11-13(2)19-21/h4-12,19H,3H2,1-2H3. The van der Waals surface area contributed by atoms with Gasteiger partial charge in [0.1, 0.15) is 4.90 Å². The van der Waals surface area contributed by atoms with Crippen molar-refractivity contribution in [1.82, 2.24) is 14.8 Å². The normalized spacial score (nSPS) is 11.4. The summed E-state index contributed by atoms with van der Waals surface area (Å²) in [7, 11) is -3.73. The predicted octanol–water partition coefficient (Wildman–Crippen LogP) is 2.08. The Morgan fingerprint density at radius 1 is 1.16 bits per heavy atom. The number of sulfonamides is 1. The summed E-state index contributed by atoms with van der Waals surface area (Å²) in [6.07, 6.45) is 1.26. The molecule has 0 fully saturated rings. The van der Waals surface area contributed by atoms with Gasteiger partial charge in [-0.15, -0.1) is 0 Å². The minimum absolute atomic E-state index is 0.0679. The number of aromatic nitrogens is 3. The number of rotatable bonds is 5. The van der Waals surface area contributed by atoms with Gasteiger partial charge in [0.2, 0.25) is 0 Å². The van der Waals surface area contributed by atoms with Gasteiger partial charge in [0.25, 0.3) is 15.6 Å². The molecule has 130 valence electrons. The molecule has 0 aliphatic rings. The van der Waals surface area contributed by atoms with Crippen LogP contribution in [0.25, 0.3) is 5.82 Å². The molecule has 0 saturated heterocycles. The smallest absolute Gasteiger partial charge is 0.272 e. The molecular weight excluding hydrogens is 340 g/mol. The predicted molar refractivity (Wildman–Crippen MR) is 95.6 cm³/mol. The largest absolute Gasteiger partial charge is 0.294 e. The summed E-state index contributed by atoms with van der Waals surface area (Å²) < 4.78 is 28.4. The molecule has 0 aliphatic heterocycles. The fourth-order valence-corrected chi connectivity index (χ4v) is 3.97. The number of hydrogen-bond acceptors (Lipinski definition) is 4. The summed E-state index contributed by atoms with van der Waals surface area (Å²) in [5.74, 6) is 0.333. The van der Waals surface area contributed by atoms with Crippen LogP contribution in [0.1, 0.15) is 12.6 Å². The number of hydrogen-bond donors (Lipinski definition) is 1. The molecule has 0 amide bonds. The first kappa shape index (κ1) is 17.0. The molecule has 7 nitrogen and oxygen atoms in total. The van der Waals surface area contributed by atoms with Gasteiger partial charge in [0, 0.05) is 24.5 Å². The van der Waals surface area contributed by atoms with Gasteiger partial charge >= 0.3 is 0 Å². The van der Waals surface area contributed by atoms with Crippen LogP contribution in [0.4, 0.5) is 5.69 Å². The van der Waals surface area contributed by atoms with Gasteiger partial charge in [-0.25, -0.2) is 18.1 Å². The molecule has 3 aromatic rings. The molecule has 1 N–H and O–H groups in total. The minimum atomic E-state index is -3.73.